The smallest absolute Gasteiger partial charge is 0.258 e. The average molecular weight is 481 g/mol. The summed E-state index contributed by atoms with van der Waals surface area (Å²) < 4.78 is 7.15. The number of hydrogen-bond donors (Lipinski definition) is 2. The highest BCUT2D eigenvalue weighted by Crippen LogP contribution is 2.50. The van der Waals surface area contributed by atoms with Gasteiger partial charge in [0.25, 0.3) is 5.56 Å². The van der Waals surface area contributed by atoms with Gasteiger partial charge in [0.05, 0.1) is 25.7 Å². The zero-order valence-electron chi connectivity index (χ0n) is 19.2. The molecule has 1 saturated heterocycles. The molecule has 0 unspecified atom stereocenters. The van der Waals surface area contributed by atoms with Crippen LogP contribution in [-0.2, 0) is 17.9 Å². The summed E-state index contributed by atoms with van der Waals surface area (Å²) in [5.41, 5.74) is 2.22. The first-order chi connectivity index (χ1) is 16.6. The number of aliphatic hydroxyl groups is 1. The Morgan fingerprint density at radius 2 is 2.18 bits per heavy atom. The fourth-order valence-electron chi connectivity index (χ4n) is 5.56. The summed E-state index contributed by atoms with van der Waals surface area (Å²) in [5, 5.41) is 16.1. The van der Waals surface area contributed by atoms with Crippen LogP contribution in [0.1, 0.15) is 23.7 Å². The van der Waals surface area contributed by atoms with Crippen LogP contribution < -0.4 is 15.6 Å². The van der Waals surface area contributed by atoms with Crippen molar-refractivity contribution in [1.82, 2.24) is 19.8 Å². The Kier molecular flexibility index (Phi) is 6.24. The van der Waals surface area contributed by atoms with Crippen molar-refractivity contribution in [3.63, 3.8) is 0 Å². The van der Waals surface area contributed by atoms with Gasteiger partial charge in [0.1, 0.15) is 10.8 Å². The number of thiazole rings is 1. The third-order valence-corrected chi connectivity index (χ3v) is 7.76. The van der Waals surface area contributed by atoms with Crippen molar-refractivity contribution in [2.24, 2.45) is 11.8 Å². The van der Waals surface area contributed by atoms with E-state index in [0.29, 0.717) is 30.9 Å². The van der Waals surface area contributed by atoms with E-state index in [9.17, 15) is 14.7 Å². The molecule has 1 fully saturated rings. The number of pyridine rings is 1. The van der Waals surface area contributed by atoms with Crippen LogP contribution in [0.2, 0.25) is 0 Å². The second-order valence-electron chi connectivity index (χ2n) is 8.71. The Labute approximate surface area is 201 Å². The average Bonchev–Trinajstić information content (AvgIpc) is 3.56. The topological polar surface area (TPSA) is 96.7 Å². The molecule has 34 heavy (non-hydrogen) atoms. The maximum absolute atomic E-state index is 13.6. The molecule has 0 aliphatic carbocycles. The summed E-state index contributed by atoms with van der Waals surface area (Å²) in [5.74, 6) is 0.273. The summed E-state index contributed by atoms with van der Waals surface area (Å²) in [7, 11) is 1.60. The number of ether oxygens (including phenoxy) is 1. The second kappa shape index (κ2) is 9.32. The predicted octanol–water partition coefficient (Wildman–Crippen LogP) is 2.28. The van der Waals surface area contributed by atoms with Gasteiger partial charge in [0.15, 0.2) is 0 Å². The van der Waals surface area contributed by atoms with Gasteiger partial charge in [-0.25, -0.2) is 4.98 Å². The molecule has 0 bridgehead atoms. The van der Waals surface area contributed by atoms with Crippen molar-refractivity contribution in [3.8, 4) is 16.9 Å². The largest absolute Gasteiger partial charge is 0.497 e. The van der Waals surface area contributed by atoms with Crippen molar-refractivity contribution < 1.29 is 14.6 Å². The van der Waals surface area contributed by atoms with Crippen LogP contribution in [0.4, 0.5) is 0 Å². The molecule has 2 N–H and O–H groups in total. The monoisotopic (exact) mass is 480 g/mol. The molecular formula is C25H28N4O4S. The van der Waals surface area contributed by atoms with Gasteiger partial charge in [-0.2, -0.15) is 0 Å². The fraction of sp³-hybridized carbons (Fsp3) is 0.400. The zero-order chi connectivity index (χ0) is 23.8. The number of nitrogens with zero attached hydrogens (tertiary/aromatic N) is 3. The third kappa shape index (κ3) is 3.73. The van der Waals surface area contributed by atoms with E-state index in [4.69, 9.17) is 4.74 Å². The molecule has 0 radical (unpaired) electrons. The van der Waals surface area contributed by atoms with Gasteiger partial charge < -0.3 is 19.7 Å². The number of nitrogens with one attached hydrogen (secondary N) is 1. The molecule has 5 rings (SSSR count). The first kappa shape index (κ1) is 22.8. The maximum Gasteiger partial charge on any atom is 0.258 e. The highest BCUT2D eigenvalue weighted by atomic mass is 32.1. The number of amides is 1. The Hall–Kier alpha value is -3.01. The lowest BCUT2D eigenvalue weighted by atomic mass is 9.88. The van der Waals surface area contributed by atoms with Crippen LogP contribution in [0.3, 0.4) is 0 Å². The number of aromatic nitrogens is 2. The molecule has 3 aromatic rings. The number of benzene rings is 1. The molecule has 178 valence electrons. The fourth-order valence-corrected chi connectivity index (χ4v) is 6.19. The van der Waals surface area contributed by atoms with Gasteiger partial charge >= 0.3 is 0 Å². The molecule has 0 spiro atoms. The van der Waals surface area contributed by atoms with Gasteiger partial charge in [0.2, 0.25) is 5.91 Å². The highest BCUT2D eigenvalue weighted by Gasteiger charge is 2.55. The Balaban J connectivity index is 1.58. The van der Waals surface area contributed by atoms with Gasteiger partial charge in [-0.1, -0.05) is 12.1 Å². The predicted molar refractivity (Wildman–Crippen MR) is 130 cm³/mol. The molecule has 0 saturated carbocycles. The van der Waals surface area contributed by atoms with Crippen LogP contribution >= 0.6 is 11.3 Å². The minimum absolute atomic E-state index is 0.0502. The van der Waals surface area contributed by atoms with Crippen LogP contribution in [0.25, 0.3) is 11.1 Å². The van der Waals surface area contributed by atoms with Crippen molar-refractivity contribution in [2.45, 2.75) is 32.1 Å². The number of fused-ring (bicyclic) bond motifs is 3. The maximum atomic E-state index is 13.6. The van der Waals surface area contributed by atoms with E-state index in [1.165, 1.54) is 0 Å². The number of hydrogen-bond acceptors (Lipinski definition) is 7. The van der Waals surface area contributed by atoms with E-state index in [0.717, 1.165) is 16.3 Å². The van der Waals surface area contributed by atoms with E-state index in [-0.39, 0.29) is 36.0 Å². The summed E-state index contributed by atoms with van der Waals surface area (Å²) in [6.07, 6.45) is 1.76. The first-order valence-electron chi connectivity index (χ1n) is 11.5. The lowest BCUT2D eigenvalue weighted by molar-refractivity contribution is -0.127. The van der Waals surface area contributed by atoms with E-state index >= 15 is 0 Å². The van der Waals surface area contributed by atoms with Crippen LogP contribution in [0.15, 0.2) is 52.8 Å². The van der Waals surface area contributed by atoms with Gasteiger partial charge in [-0.3, -0.25) is 14.5 Å². The lowest BCUT2D eigenvalue weighted by Crippen LogP contribution is -2.48. The lowest BCUT2D eigenvalue weighted by Gasteiger charge is -2.30. The number of aliphatic hydroxyl groups excluding tert-OH is 1. The number of methoxy groups -OCH3 is 1. The van der Waals surface area contributed by atoms with Gasteiger partial charge in [-0.05, 0) is 36.8 Å². The Morgan fingerprint density at radius 3 is 2.88 bits per heavy atom. The molecule has 1 aromatic carbocycles. The normalized spacial score (nSPS) is 23.5. The van der Waals surface area contributed by atoms with Crippen molar-refractivity contribution >= 4 is 17.2 Å². The van der Waals surface area contributed by atoms with Crippen molar-refractivity contribution in [3.05, 3.63) is 69.0 Å². The summed E-state index contributed by atoms with van der Waals surface area (Å²) in [4.78, 5) is 33.2. The molecule has 8 nitrogen and oxygen atoms in total. The molecule has 2 aromatic heterocycles. The van der Waals surface area contributed by atoms with E-state index in [1.54, 1.807) is 24.6 Å². The minimum atomic E-state index is -0.481. The van der Waals surface area contributed by atoms with Crippen molar-refractivity contribution in [1.29, 1.82) is 0 Å². The highest BCUT2D eigenvalue weighted by molar-refractivity contribution is 7.09. The number of carbonyl (C=O) groups is 1. The quantitative estimate of drug-likeness (QED) is 0.539. The van der Waals surface area contributed by atoms with Gasteiger partial charge in [-0.15, -0.1) is 11.3 Å². The molecule has 2 aliphatic heterocycles. The van der Waals surface area contributed by atoms with E-state index < -0.39 is 6.04 Å². The zero-order valence-corrected chi connectivity index (χ0v) is 20.0. The number of carbonyl (C=O) groups excluding carboxylic acids is 1. The molecule has 1 amide bonds. The first-order valence-corrected chi connectivity index (χ1v) is 12.4. The third-order valence-electron chi connectivity index (χ3n) is 6.99. The molecule has 9 heteroatoms. The molecule has 4 heterocycles. The SMILES string of the molecule is CCNC(=O)[C@H]1[C@H](CO)[C@H]2Cn3c(ccc(-c4cccc(OC)c4)c3=O)[C@H]2N1Cc1nccs1. The summed E-state index contributed by atoms with van der Waals surface area (Å²) in [6.45, 7) is 3.24. The summed E-state index contributed by atoms with van der Waals surface area (Å²) >= 11 is 1.54. The molecule has 4 atom stereocenters. The standard InChI is InChI=1S/C25H28N4O4S/c1-3-26-24(31)23-19(14-30)18-12-28-20(22(18)29(23)13-21-27-9-10-34-21)8-7-17(25(28)32)15-5-4-6-16(11-15)33-2/h4-11,18-19,22-23,30H,3,12-14H2,1-2H3,(H,26,31)/t18-,19-,22+,23-/m1/s1. The van der Waals surface area contributed by atoms with Crippen LogP contribution in [0.5, 0.6) is 5.75 Å². The van der Waals surface area contributed by atoms with E-state index in [2.05, 4.69) is 15.2 Å². The second-order valence-corrected chi connectivity index (χ2v) is 9.69. The molecular weight excluding hydrogens is 452 g/mol. The van der Waals surface area contributed by atoms with Crippen LogP contribution in [-0.4, -0.2) is 51.8 Å². The number of likely N-dealkylation sites (tertiary alicyclic amines) is 1. The number of rotatable bonds is 7. The van der Waals surface area contributed by atoms with Gasteiger partial charge in [0, 0.05) is 54.4 Å². The minimum Gasteiger partial charge on any atom is -0.497 e. The Bertz CT molecular complexity index is 1240. The molecule has 2 aliphatic rings. The Morgan fingerprint density at radius 1 is 1.32 bits per heavy atom. The summed E-state index contributed by atoms with van der Waals surface area (Å²) in [6, 6.07) is 10.7. The van der Waals surface area contributed by atoms with Crippen molar-refractivity contribution in [2.75, 3.05) is 20.3 Å². The van der Waals surface area contributed by atoms with Crippen LogP contribution in [0, 0.1) is 11.8 Å². The number of likely N-dealkylation sites (N-methyl/N-ethyl adjacent to an activating group) is 1. The van der Waals surface area contributed by atoms with E-state index in [1.807, 2.05) is 53.3 Å².